The van der Waals surface area contributed by atoms with E-state index in [0.29, 0.717) is 24.5 Å². The molecule has 0 radical (unpaired) electrons. The second kappa shape index (κ2) is 4.79. The molecule has 90 valence electrons. The van der Waals surface area contributed by atoms with Gasteiger partial charge in [0.15, 0.2) is 17.5 Å². The van der Waals surface area contributed by atoms with Gasteiger partial charge in [0, 0.05) is 19.0 Å². The zero-order valence-electron chi connectivity index (χ0n) is 9.61. The van der Waals surface area contributed by atoms with Crippen molar-refractivity contribution in [2.24, 2.45) is 0 Å². The summed E-state index contributed by atoms with van der Waals surface area (Å²) in [6.45, 7) is 3.89. The molecule has 17 heavy (non-hydrogen) atoms. The molecule has 2 aromatic rings. The van der Waals surface area contributed by atoms with Gasteiger partial charge in [-0.2, -0.15) is 4.68 Å². The predicted molar refractivity (Wildman–Crippen MR) is 62.9 cm³/mol. The Morgan fingerprint density at radius 1 is 1.35 bits per heavy atom. The molecule has 0 N–H and O–H groups in total. The molecule has 0 aliphatic rings. The Bertz CT molecular complexity index is 538. The first kappa shape index (κ1) is 12.0. The first-order valence-corrected chi connectivity index (χ1v) is 5.79. The molecular weight excluding hydrogens is 243 g/mol. The number of aryl methyl sites for hydroxylation is 2. The molecular formula is C11H12ClFN4. The van der Waals surface area contributed by atoms with Crippen molar-refractivity contribution in [1.29, 1.82) is 0 Å². The minimum Gasteiger partial charge on any atom is -0.233 e. The summed E-state index contributed by atoms with van der Waals surface area (Å²) in [6, 6.07) is 1.22. The van der Waals surface area contributed by atoms with Crippen LogP contribution < -0.4 is 0 Å². The molecule has 2 aromatic heterocycles. The van der Waals surface area contributed by atoms with Crippen molar-refractivity contribution in [1.82, 2.24) is 19.7 Å². The number of halogens is 2. The third-order valence-corrected chi connectivity index (χ3v) is 2.55. The van der Waals surface area contributed by atoms with Crippen LogP contribution in [0.4, 0.5) is 4.39 Å². The Morgan fingerprint density at radius 3 is 2.71 bits per heavy atom. The molecule has 0 fully saturated rings. The Hall–Kier alpha value is -1.49. The van der Waals surface area contributed by atoms with E-state index >= 15 is 0 Å². The molecule has 0 aliphatic carbocycles. The number of nitrogens with zero attached hydrogens (tertiary/aromatic N) is 4. The fourth-order valence-corrected chi connectivity index (χ4v) is 1.65. The van der Waals surface area contributed by atoms with Crippen molar-refractivity contribution in [2.45, 2.75) is 26.7 Å². The topological polar surface area (TPSA) is 43.6 Å². The summed E-state index contributed by atoms with van der Waals surface area (Å²) in [7, 11) is 0. The molecule has 0 aromatic carbocycles. The summed E-state index contributed by atoms with van der Waals surface area (Å²) in [5.74, 6) is 1.01. The van der Waals surface area contributed by atoms with Gasteiger partial charge in [-0.1, -0.05) is 25.4 Å². The highest BCUT2D eigenvalue weighted by atomic mass is 35.5. The van der Waals surface area contributed by atoms with Crippen LogP contribution in [0.5, 0.6) is 0 Å². The number of hydrogen-bond acceptors (Lipinski definition) is 3. The zero-order valence-corrected chi connectivity index (χ0v) is 10.4. The van der Waals surface area contributed by atoms with Gasteiger partial charge < -0.3 is 0 Å². The predicted octanol–water partition coefficient (Wildman–Crippen LogP) is 2.58. The highest BCUT2D eigenvalue weighted by molar-refractivity contribution is 6.30. The largest absolute Gasteiger partial charge is 0.233 e. The molecule has 6 heteroatoms. The van der Waals surface area contributed by atoms with E-state index in [1.54, 1.807) is 0 Å². The van der Waals surface area contributed by atoms with E-state index in [9.17, 15) is 4.39 Å². The van der Waals surface area contributed by atoms with Crippen LogP contribution >= 0.6 is 11.6 Å². The second-order valence-electron chi connectivity index (χ2n) is 3.52. The summed E-state index contributed by atoms with van der Waals surface area (Å²) >= 11 is 5.66. The van der Waals surface area contributed by atoms with E-state index in [2.05, 4.69) is 15.1 Å². The maximum atomic E-state index is 13.7. The minimum atomic E-state index is -0.500. The molecule has 0 atom stereocenters. The van der Waals surface area contributed by atoms with Gasteiger partial charge in [-0.15, -0.1) is 5.10 Å². The van der Waals surface area contributed by atoms with Gasteiger partial charge >= 0.3 is 0 Å². The fourth-order valence-electron chi connectivity index (χ4n) is 1.50. The maximum Gasteiger partial charge on any atom is 0.191 e. The smallest absolute Gasteiger partial charge is 0.191 e. The van der Waals surface area contributed by atoms with Crippen molar-refractivity contribution >= 4 is 11.6 Å². The molecule has 0 aliphatic heterocycles. The summed E-state index contributed by atoms with van der Waals surface area (Å²) in [5, 5.41) is 4.48. The van der Waals surface area contributed by atoms with Gasteiger partial charge in [0.05, 0.1) is 5.02 Å². The van der Waals surface area contributed by atoms with Gasteiger partial charge in [-0.25, -0.2) is 14.4 Å². The molecule has 2 rings (SSSR count). The van der Waals surface area contributed by atoms with E-state index in [0.717, 1.165) is 0 Å². The summed E-state index contributed by atoms with van der Waals surface area (Å²) in [5.41, 5.74) is 0. The first-order chi connectivity index (χ1) is 8.15. The third kappa shape index (κ3) is 2.29. The van der Waals surface area contributed by atoms with Crippen LogP contribution in [-0.2, 0) is 12.8 Å². The quantitative estimate of drug-likeness (QED) is 0.846. The van der Waals surface area contributed by atoms with Crippen LogP contribution in [-0.4, -0.2) is 19.7 Å². The lowest BCUT2D eigenvalue weighted by Gasteiger charge is -2.04. The maximum absolute atomic E-state index is 13.7. The minimum absolute atomic E-state index is 0.137. The van der Waals surface area contributed by atoms with Gasteiger partial charge in [-0.05, 0) is 6.07 Å². The third-order valence-electron chi connectivity index (χ3n) is 2.34. The lowest BCUT2D eigenvalue weighted by atomic mass is 10.4. The molecule has 2 heterocycles. The van der Waals surface area contributed by atoms with E-state index in [-0.39, 0.29) is 10.8 Å². The molecule has 0 bridgehead atoms. The van der Waals surface area contributed by atoms with Gasteiger partial charge in [0.2, 0.25) is 0 Å². The summed E-state index contributed by atoms with van der Waals surface area (Å²) in [4.78, 5) is 8.26. The van der Waals surface area contributed by atoms with E-state index in [1.807, 2.05) is 13.8 Å². The lowest BCUT2D eigenvalue weighted by molar-refractivity contribution is 0.594. The standard InChI is InChI=1S/C11H12ClFN4/c1-3-9-15-10(4-2)17(16-9)11-8(13)5-7(12)6-14-11/h5-6H,3-4H2,1-2H3. The normalized spacial score (nSPS) is 10.8. The average molecular weight is 255 g/mol. The molecule has 4 nitrogen and oxygen atoms in total. The monoisotopic (exact) mass is 254 g/mol. The molecule has 0 saturated heterocycles. The number of rotatable bonds is 3. The fraction of sp³-hybridized carbons (Fsp3) is 0.364. The molecule has 0 unspecified atom stereocenters. The Morgan fingerprint density at radius 2 is 2.12 bits per heavy atom. The van der Waals surface area contributed by atoms with E-state index < -0.39 is 5.82 Å². The van der Waals surface area contributed by atoms with Crippen LogP contribution in [0.2, 0.25) is 5.02 Å². The van der Waals surface area contributed by atoms with Gasteiger partial charge in [0.1, 0.15) is 5.82 Å². The number of pyridine rings is 1. The Balaban J connectivity index is 2.55. The zero-order chi connectivity index (χ0) is 12.4. The van der Waals surface area contributed by atoms with Crippen molar-refractivity contribution in [3.8, 4) is 5.82 Å². The lowest BCUT2D eigenvalue weighted by Crippen LogP contribution is -2.07. The van der Waals surface area contributed by atoms with Crippen molar-refractivity contribution in [3.63, 3.8) is 0 Å². The Kier molecular flexibility index (Phi) is 3.38. The number of hydrogen-bond donors (Lipinski definition) is 0. The van der Waals surface area contributed by atoms with Crippen molar-refractivity contribution in [2.75, 3.05) is 0 Å². The van der Waals surface area contributed by atoms with Gasteiger partial charge in [-0.3, -0.25) is 0 Å². The summed E-state index contributed by atoms with van der Waals surface area (Å²) in [6.07, 6.45) is 2.76. The van der Waals surface area contributed by atoms with E-state index in [1.165, 1.54) is 16.9 Å². The van der Waals surface area contributed by atoms with Crippen LogP contribution in [0.15, 0.2) is 12.3 Å². The van der Waals surface area contributed by atoms with Crippen LogP contribution in [0.25, 0.3) is 5.82 Å². The number of aromatic nitrogens is 4. The molecule has 0 spiro atoms. The van der Waals surface area contributed by atoms with Crippen LogP contribution in [0.3, 0.4) is 0 Å². The van der Waals surface area contributed by atoms with Crippen LogP contribution in [0.1, 0.15) is 25.5 Å². The summed E-state index contributed by atoms with van der Waals surface area (Å²) < 4.78 is 15.2. The van der Waals surface area contributed by atoms with E-state index in [4.69, 9.17) is 11.6 Å². The molecule has 0 amide bonds. The molecule has 0 saturated carbocycles. The van der Waals surface area contributed by atoms with Crippen molar-refractivity contribution in [3.05, 3.63) is 34.8 Å². The van der Waals surface area contributed by atoms with Crippen molar-refractivity contribution < 1.29 is 4.39 Å². The average Bonchev–Trinajstić information content (AvgIpc) is 2.72. The van der Waals surface area contributed by atoms with Crippen LogP contribution in [0, 0.1) is 5.82 Å². The Labute approximate surface area is 103 Å². The highest BCUT2D eigenvalue weighted by Crippen LogP contribution is 2.16. The first-order valence-electron chi connectivity index (χ1n) is 5.42. The SMILES string of the molecule is CCc1nc(CC)n(-c2ncc(Cl)cc2F)n1. The highest BCUT2D eigenvalue weighted by Gasteiger charge is 2.14. The van der Waals surface area contributed by atoms with Gasteiger partial charge in [0.25, 0.3) is 0 Å². The second-order valence-corrected chi connectivity index (χ2v) is 3.96.